The Hall–Kier alpha value is -5.90. The summed E-state index contributed by atoms with van der Waals surface area (Å²) in [7, 11) is 2.72. The fraction of sp³-hybridized carbons (Fsp3) is 0.0625. The minimum Gasteiger partial charge on any atom is -0.508 e. The molecular formula is C32H22O10. The van der Waals surface area contributed by atoms with Gasteiger partial charge in [0.25, 0.3) is 0 Å². The van der Waals surface area contributed by atoms with Gasteiger partial charge < -0.3 is 38.7 Å². The van der Waals surface area contributed by atoms with E-state index in [1.54, 1.807) is 12.1 Å². The highest BCUT2D eigenvalue weighted by molar-refractivity contribution is 5.97. The van der Waals surface area contributed by atoms with Crippen LogP contribution in [-0.2, 0) is 0 Å². The van der Waals surface area contributed by atoms with E-state index in [1.165, 1.54) is 74.9 Å². The molecule has 0 aliphatic carbocycles. The first-order valence-corrected chi connectivity index (χ1v) is 12.5. The summed E-state index contributed by atoms with van der Waals surface area (Å²) in [5.74, 6) is -0.295. The summed E-state index contributed by atoms with van der Waals surface area (Å²) < 4.78 is 22.6. The lowest BCUT2D eigenvalue weighted by Gasteiger charge is -2.16. The molecule has 0 spiro atoms. The summed E-state index contributed by atoms with van der Waals surface area (Å²) >= 11 is 0. The summed E-state index contributed by atoms with van der Waals surface area (Å²) in [6, 6.07) is 16.9. The van der Waals surface area contributed by atoms with E-state index < -0.39 is 10.9 Å². The number of fused-ring (bicyclic) bond motifs is 2. The number of aromatic hydroxyl groups is 4. The molecule has 210 valence electrons. The van der Waals surface area contributed by atoms with Crippen molar-refractivity contribution in [2.75, 3.05) is 14.2 Å². The molecule has 0 radical (unpaired) electrons. The van der Waals surface area contributed by atoms with Crippen molar-refractivity contribution in [2.24, 2.45) is 0 Å². The highest BCUT2D eigenvalue weighted by Gasteiger charge is 2.23. The smallest absolute Gasteiger partial charge is 0.197 e. The Kier molecular flexibility index (Phi) is 6.23. The Morgan fingerprint density at radius 2 is 1.21 bits per heavy atom. The predicted molar refractivity (Wildman–Crippen MR) is 155 cm³/mol. The number of rotatable bonds is 5. The number of methoxy groups -OCH3 is 2. The number of phenolic OH excluding ortho intramolecular Hbond substituents is 4. The second-order valence-electron chi connectivity index (χ2n) is 9.43. The second-order valence-corrected chi connectivity index (χ2v) is 9.43. The van der Waals surface area contributed by atoms with Crippen molar-refractivity contribution in [3.05, 3.63) is 93.2 Å². The van der Waals surface area contributed by atoms with Crippen LogP contribution < -0.4 is 20.3 Å². The molecule has 42 heavy (non-hydrogen) atoms. The first-order valence-electron chi connectivity index (χ1n) is 12.5. The summed E-state index contributed by atoms with van der Waals surface area (Å²) in [6.45, 7) is 0. The lowest BCUT2D eigenvalue weighted by atomic mass is 9.96. The number of phenols is 4. The monoisotopic (exact) mass is 566 g/mol. The fourth-order valence-corrected chi connectivity index (χ4v) is 4.90. The third-order valence-corrected chi connectivity index (χ3v) is 6.88. The third kappa shape index (κ3) is 4.31. The van der Waals surface area contributed by atoms with Gasteiger partial charge in [0.05, 0.1) is 19.8 Å². The Morgan fingerprint density at radius 3 is 1.88 bits per heavy atom. The lowest BCUT2D eigenvalue weighted by molar-refractivity contribution is 0.408. The molecular weight excluding hydrogens is 544 g/mol. The van der Waals surface area contributed by atoms with Crippen LogP contribution in [0.5, 0.6) is 34.5 Å². The van der Waals surface area contributed by atoms with E-state index in [0.717, 1.165) is 0 Å². The van der Waals surface area contributed by atoms with Crippen LogP contribution in [0.15, 0.2) is 91.2 Å². The van der Waals surface area contributed by atoms with Gasteiger partial charge in [-0.25, -0.2) is 0 Å². The second kappa shape index (κ2) is 9.93. The molecule has 0 fully saturated rings. The fourth-order valence-electron chi connectivity index (χ4n) is 4.90. The molecule has 10 nitrogen and oxygen atoms in total. The molecule has 6 rings (SSSR count). The van der Waals surface area contributed by atoms with Crippen molar-refractivity contribution in [3.63, 3.8) is 0 Å². The van der Waals surface area contributed by atoms with Gasteiger partial charge in [-0.1, -0.05) is 0 Å². The highest BCUT2D eigenvalue weighted by atomic mass is 16.5. The first kappa shape index (κ1) is 26.3. The summed E-state index contributed by atoms with van der Waals surface area (Å²) in [6.07, 6.45) is 0. The lowest BCUT2D eigenvalue weighted by Crippen LogP contribution is -2.04. The van der Waals surface area contributed by atoms with Gasteiger partial charge in [-0.15, -0.1) is 0 Å². The van der Waals surface area contributed by atoms with Gasteiger partial charge in [0.1, 0.15) is 68.0 Å². The zero-order valence-corrected chi connectivity index (χ0v) is 22.2. The van der Waals surface area contributed by atoms with Crippen LogP contribution in [0.25, 0.3) is 55.7 Å². The molecule has 4 N–H and O–H groups in total. The van der Waals surface area contributed by atoms with E-state index in [4.69, 9.17) is 18.3 Å². The van der Waals surface area contributed by atoms with Crippen LogP contribution in [0, 0.1) is 0 Å². The molecule has 10 heteroatoms. The van der Waals surface area contributed by atoms with Crippen LogP contribution in [0.3, 0.4) is 0 Å². The van der Waals surface area contributed by atoms with E-state index in [2.05, 4.69) is 0 Å². The van der Waals surface area contributed by atoms with Crippen molar-refractivity contribution in [2.45, 2.75) is 0 Å². The van der Waals surface area contributed by atoms with Crippen molar-refractivity contribution >= 4 is 21.9 Å². The van der Waals surface area contributed by atoms with E-state index in [-0.39, 0.29) is 79.1 Å². The Bertz CT molecular complexity index is 2140. The van der Waals surface area contributed by atoms with Gasteiger partial charge in [0.2, 0.25) is 0 Å². The normalized spacial score (nSPS) is 11.2. The van der Waals surface area contributed by atoms with E-state index in [1.807, 2.05) is 0 Å². The van der Waals surface area contributed by atoms with Crippen molar-refractivity contribution < 1.29 is 38.7 Å². The molecule has 6 aromatic rings. The van der Waals surface area contributed by atoms with Gasteiger partial charge in [-0.2, -0.15) is 0 Å². The van der Waals surface area contributed by atoms with Crippen LogP contribution in [0.1, 0.15) is 0 Å². The third-order valence-electron chi connectivity index (χ3n) is 6.88. The predicted octanol–water partition coefficient (Wildman–Crippen LogP) is 5.74. The van der Waals surface area contributed by atoms with Crippen LogP contribution >= 0.6 is 0 Å². The van der Waals surface area contributed by atoms with Crippen molar-refractivity contribution in [1.29, 1.82) is 0 Å². The number of hydrogen-bond acceptors (Lipinski definition) is 10. The molecule has 4 aromatic carbocycles. The zero-order valence-electron chi connectivity index (χ0n) is 22.2. The largest absolute Gasteiger partial charge is 0.508 e. The highest BCUT2D eigenvalue weighted by Crippen LogP contribution is 2.47. The summed E-state index contributed by atoms with van der Waals surface area (Å²) in [5, 5.41) is 41.8. The maximum absolute atomic E-state index is 13.3. The maximum atomic E-state index is 13.3. The summed E-state index contributed by atoms with van der Waals surface area (Å²) in [5.41, 5.74) is 0.114. The van der Waals surface area contributed by atoms with E-state index in [9.17, 15) is 30.0 Å². The van der Waals surface area contributed by atoms with Crippen molar-refractivity contribution in [3.8, 4) is 68.3 Å². The summed E-state index contributed by atoms with van der Waals surface area (Å²) in [4.78, 5) is 26.2. The molecule has 2 aromatic heterocycles. The van der Waals surface area contributed by atoms with Crippen LogP contribution in [0.2, 0.25) is 0 Å². The Labute approximate surface area is 236 Å². The molecule has 0 saturated heterocycles. The van der Waals surface area contributed by atoms with E-state index in [0.29, 0.717) is 11.1 Å². The Morgan fingerprint density at radius 1 is 0.595 bits per heavy atom. The molecule has 0 aliphatic heterocycles. The average molecular weight is 567 g/mol. The van der Waals surface area contributed by atoms with E-state index >= 15 is 0 Å². The molecule has 0 bridgehead atoms. The van der Waals surface area contributed by atoms with Gasteiger partial charge >= 0.3 is 0 Å². The van der Waals surface area contributed by atoms with Gasteiger partial charge in [-0.3, -0.25) is 9.59 Å². The van der Waals surface area contributed by atoms with Gasteiger partial charge in [-0.05, 0) is 42.5 Å². The molecule has 2 heterocycles. The standard InChI is InChI=1S/C32H22O10/c1-39-18-10-21(35)30-23(37)12-26(42-27(30)11-18)16-5-8-20(34)19(9-16)29-22(36)14-28-31(32(29)40-2)24(38)13-25(41-28)15-3-6-17(33)7-4-15/h3-14,33-36H,1-2H3. The number of benzene rings is 4. The first-order chi connectivity index (χ1) is 20.2. The topological polar surface area (TPSA) is 160 Å². The molecule has 0 amide bonds. The molecule has 0 aliphatic rings. The quantitative estimate of drug-likeness (QED) is 0.203. The minimum atomic E-state index is -0.505. The van der Waals surface area contributed by atoms with Gasteiger partial charge in [0.15, 0.2) is 10.9 Å². The molecule has 0 saturated carbocycles. The Balaban J connectivity index is 1.54. The number of hydrogen-bond donors (Lipinski definition) is 4. The van der Waals surface area contributed by atoms with Crippen LogP contribution in [-0.4, -0.2) is 34.6 Å². The van der Waals surface area contributed by atoms with Crippen LogP contribution in [0.4, 0.5) is 0 Å². The maximum Gasteiger partial charge on any atom is 0.197 e. The number of ether oxygens (including phenoxy) is 2. The minimum absolute atomic E-state index is 0.0106. The zero-order chi connectivity index (χ0) is 29.7. The van der Waals surface area contributed by atoms with Crippen molar-refractivity contribution in [1.82, 2.24) is 0 Å². The average Bonchev–Trinajstić information content (AvgIpc) is 2.96. The SMILES string of the molecule is COc1cc(O)c2c(=O)cc(-c3ccc(O)c(-c4c(O)cc5oc(-c6ccc(O)cc6)cc(=O)c5c4OC)c3)oc2c1. The van der Waals surface area contributed by atoms with Gasteiger partial charge in [0, 0.05) is 47.0 Å². The molecule has 0 atom stereocenters. The molecule has 0 unspecified atom stereocenters.